The van der Waals surface area contributed by atoms with Gasteiger partial charge in [-0.15, -0.1) is 0 Å². The number of hydrogen-bond donors (Lipinski definition) is 0. The van der Waals surface area contributed by atoms with Crippen molar-refractivity contribution in [1.82, 2.24) is 9.97 Å². The van der Waals surface area contributed by atoms with Gasteiger partial charge in [0.2, 0.25) is 0 Å². The summed E-state index contributed by atoms with van der Waals surface area (Å²) in [6.07, 6.45) is 1.38. The Labute approximate surface area is 97.3 Å². The summed E-state index contributed by atoms with van der Waals surface area (Å²) in [5.41, 5.74) is 0.641. The third-order valence-electron chi connectivity index (χ3n) is 2.11. The molecule has 0 saturated carbocycles. The van der Waals surface area contributed by atoms with Gasteiger partial charge < -0.3 is 4.74 Å². The van der Waals surface area contributed by atoms with Crippen LogP contribution in [0, 0.1) is 24.1 Å². The molecule has 0 bridgehead atoms. The van der Waals surface area contributed by atoms with Crippen molar-refractivity contribution < 1.29 is 9.13 Å². The number of halogens is 1. The van der Waals surface area contributed by atoms with Crippen LogP contribution in [0.3, 0.4) is 0 Å². The number of rotatable bonds is 2. The zero-order chi connectivity index (χ0) is 12.3. The summed E-state index contributed by atoms with van der Waals surface area (Å²) in [7, 11) is 0. The van der Waals surface area contributed by atoms with Crippen molar-refractivity contribution in [1.29, 1.82) is 5.26 Å². The highest BCUT2D eigenvalue weighted by Gasteiger charge is 2.08. The minimum Gasteiger partial charge on any atom is -0.421 e. The summed E-state index contributed by atoms with van der Waals surface area (Å²) in [6.45, 7) is 1.63. The van der Waals surface area contributed by atoms with E-state index in [-0.39, 0.29) is 17.5 Å². The number of nitriles is 1. The van der Waals surface area contributed by atoms with Crippen molar-refractivity contribution in [3.63, 3.8) is 0 Å². The third kappa shape index (κ3) is 2.37. The lowest BCUT2D eigenvalue weighted by Gasteiger charge is -2.05. The summed E-state index contributed by atoms with van der Waals surface area (Å²) in [6, 6.07) is 8.03. The highest BCUT2D eigenvalue weighted by Crippen LogP contribution is 2.23. The number of ether oxygens (including phenoxy) is 1. The molecule has 0 fully saturated rings. The molecule has 0 aliphatic carbocycles. The fourth-order valence-electron chi connectivity index (χ4n) is 1.25. The van der Waals surface area contributed by atoms with Crippen LogP contribution in [-0.4, -0.2) is 9.97 Å². The first-order valence-electron chi connectivity index (χ1n) is 4.87. The maximum atomic E-state index is 13.6. The van der Waals surface area contributed by atoms with Crippen LogP contribution in [0.15, 0.2) is 30.5 Å². The summed E-state index contributed by atoms with van der Waals surface area (Å²) < 4.78 is 18.8. The predicted octanol–water partition coefficient (Wildman–Crippen LogP) is 2.59. The second-order valence-corrected chi connectivity index (χ2v) is 3.33. The molecule has 0 aliphatic rings. The molecule has 0 unspecified atom stereocenters. The lowest BCUT2D eigenvalue weighted by Crippen LogP contribution is -1.96. The van der Waals surface area contributed by atoms with Gasteiger partial charge in [0, 0.05) is 6.20 Å². The molecule has 0 spiro atoms. The van der Waals surface area contributed by atoms with Crippen molar-refractivity contribution in [2.45, 2.75) is 6.92 Å². The van der Waals surface area contributed by atoms with E-state index in [1.807, 2.05) is 6.07 Å². The van der Waals surface area contributed by atoms with Crippen molar-refractivity contribution in [3.8, 4) is 17.8 Å². The standard InChI is InChI=1S/C12H8FN3O/c1-8-3-2-4-10(11(8)13)17-12-15-6-5-9(7-14)16-12/h2-6H,1H3. The molecule has 2 aromatic rings. The van der Waals surface area contributed by atoms with Crippen LogP contribution < -0.4 is 4.74 Å². The lowest BCUT2D eigenvalue weighted by molar-refractivity contribution is 0.409. The van der Waals surface area contributed by atoms with Crippen LogP contribution in [0.2, 0.25) is 0 Å². The van der Waals surface area contributed by atoms with E-state index in [0.29, 0.717) is 5.56 Å². The van der Waals surface area contributed by atoms with E-state index in [0.717, 1.165) is 0 Å². The van der Waals surface area contributed by atoms with Gasteiger partial charge in [-0.25, -0.2) is 9.37 Å². The highest BCUT2D eigenvalue weighted by atomic mass is 19.1. The third-order valence-corrected chi connectivity index (χ3v) is 2.11. The Morgan fingerprint density at radius 2 is 2.18 bits per heavy atom. The molecule has 17 heavy (non-hydrogen) atoms. The Hall–Kier alpha value is -2.48. The van der Waals surface area contributed by atoms with E-state index in [2.05, 4.69) is 9.97 Å². The fraction of sp³-hybridized carbons (Fsp3) is 0.0833. The highest BCUT2D eigenvalue weighted by molar-refractivity contribution is 5.32. The number of aromatic nitrogens is 2. The van der Waals surface area contributed by atoms with Crippen LogP contribution in [-0.2, 0) is 0 Å². The van der Waals surface area contributed by atoms with Gasteiger partial charge in [-0.2, -0.15) is 10.2 Å². The molecule has 0 radical (unpaired) electrons. The molecule has 2 rings (SSSR count). The van der Waals surface area contributed by atoms with E-state index in [9.17, 15) is 4.39 Å². The summed E-state index contributed by atoms with van der Waals surface area (Å²) in [5.74, 6) is -0.418. The molecule has 0 saturated heterocycles. The Kier molecular flexibility index (Phi) is 2.97. The zero-order valence-electron chi connectivity index (χ0n) is 9.01. The first kappa shape index (κ1) is 11.0. The smallest absolute Gasteiger partial charge is 0.323 e. The number of hydrogen-bond acceptors (Lipinski definition) is 4. The molecule has 5 heteroatoms. The first-order chi connectivity index (χ1) is 8.20. The summed E-state index contributed by atoms with van der Waals surface area (Å²) >= 11 is 0. The van der Waals surface area contributed by atoms with Gasteiger partial charge in [0.25, 0.3) is 0 Å². The normalized spacial score (nSPS) is 9.71. The lowest BCUT2D eigenvalue weighted by atomic mass is 10.2. The van der Waals surface area contributed by atoms with Gasteiger partial charge in [-0.05, 0) is 24.6 Å². The van der Waals surface area contributed by atoms with Crippen molar-refractivity contribution in [2.75, 3.05) is 0 Å². The quantitative estimate of drug-likeness (QED) is 0.794. The van der Waals surface area contributed by atoms with Crippen LogP contribution >= 0.6 is 0 Å². The summed E-state index contributed by atoms with van der Waals surface area (Å²) in [4.78, 5) is 7.60. The van der Waals surface area contributed by atoms with Crippen molar-refractivity contribution in [3.05, 3.63) is 47.5 Å². The van der Waals surface area contributed by atoms with Crippen LogP contribution in [0.5, 0.6) is 11.8 Å². The molecular formula is C12H8FN3O. The van der Waals surface area contributed by atoms with Gasteiger partial charge in [0.15, 0.2) is 11.6 Å². The summed E-state index contributed by atoms with van der Waals surface area (Å²) in [5, 5.41) is 8.66. The van der Waals surface area contributed by atoms with E-state index in [1.54, 1.807) is 19.1 Å². The van der Waals surface area contributed by atoms with Gasteiger partial charge in [-0.3, -0.25) is 0 Å². The van der Waals surface area contributed by atoms with Crippen LogP contribution in [0.1, 0.15) is 11.3 Å². The molecule has 0 aliphatic heterocycles. The van der Waals surface area contributed by atoms with Gasteiger partial charge >= 0.3 is 6.01 Å². The number of aryl methyl sites for hydroxylation is 1. The molecule has 4 nitrogen and oxygen atoms in total. The van der Waals surface area contributed by atoms with E-state index < -0.39 is 5.82 Å². The second kappa shape index (κ2) is 4.58. The molecule has 84 valence electrons. The topological polar surface area (TPSA) is 58.8 Å². The van der Waals surface area contributed by atoms with Crippen molar-refractivity contribution >= 4 is 0 Å². The second-order valence-electron chi connectivity index (χ2n) is 3.33. The predicted molar refractivity (Wildman–Crippen MR) is 58.0 cm³/mol. The molecule has 0 N–H and O–H groups in total. The number of benzene rings is 1. The van der Waals surface area contributed by atoms with Crippen molar-refractivity contribution in [2.24, 2.45) is 0 Å². The molecule has 0 atom stereocenters. The Balaban J connectivity index is 2.32. The average Bonchev–Trinajstić information content (AvgIpc) is 2.35. The van der Waals surface area contributed by atoms with Crippen LogP contribution in [0.25, 0.3) is 0 Å². The molecule has 1 heterocycles. The van der Waals surface area contributed by atoms with Gasteiger partial charge in [0.05, 0.1) is 0 Å². The van der Waals surface area contributed by atoms with E-state index in [1.165, 1.54) is 18.3 Å². The maximum absolute atomic E-state index is 13.6. The molecular weight excluding hydrogens is 221 g/mol. The van der Waals surface area contributed by atoms with Gasteiger partial charge in [-0.1, -0.05) is 12.1 Å². The molecule has 0 amide bonds. The average molecular weight is 229 g/mol. The maximum Gasteiger partial charge on any atom is 0.323 e. The Bertz CT molecular complexity index is 593. The molecule has 1 aromatic carbocycles. The number of nitrogens with zero attached hydrogens (tertiary/aromatic N) is 3. The van der Waals surface area contributed by atoms with E-state index >= 15 is 0 Å². The van der Waals surface area contributed by atoms with Gasteiger partial charge in [0.1, 0.15) is 11.8 Å². The minimum atomic E-state index is -0.460. The fourth-order valence-corrected chi connectivity index (χ4v) is 1.25. The largest absolute Gasteiger partial charge is 0.421 e. The van der Waals surface area contributed by atoms with Crippen LogP contribution in [0.4, 0.5) is 4.39 Å². The Morgan fingerprint density at radius 1 is 1.35 bits per heavy atom. The Morgan fingerprint density at radius 3 is 2.94 bits per heavy atom. The first-order valence-corrected chi connectivity index (χ1v) is 4.87. The SMILES string of the molecule is Cc1cccc(Oc2nccc(C#N)n2)c1F. The zero-order valence-corrected chi connectivity index (χ0v) is 9.01. The molecule has 1 aromatic heterocycles. The van der Waals surface area contributed by atoms with E-state index in [4.69, 9.17) is 10.00 Å². The monoisotopic (exact) mass is 229 g/mol. The minimum absolute atomic E-state index is 0.0417.